The van der Waals surface area contributed by atoms with Crippen molar-refractivity contribution >= 4 is 39.6 Å². The van der Waals surface area contributed by atoms with E-state index in [9.17, 15) is 10.2 Å². The number of nitrogen functional groups attached to an aromatic ring is 1. The van der Waals surface area contributed by atoms with Gasteiger partial charge in [-0.2, -0.15) is 0 Å². The van der Waals surface area contributed by atoms with E-state index in [0.29, 0.717) is 15.0 Å². The molecule has 0 aliphatic carbocycles. The lowest BCUT2D eigenvalue weighted by Gasteiger charge is -2.16. The average Bonchev–Trinajstić information content (AvgIpc) is 2.93. The minimum absolute atomic E-state index is 0.227. The lowest BCUT2D eigenvalue weighted by Crippen LogP contribution is -2.33. The maximum absolute atomic E-state index is 10.0. The Bertz CT molecular complexity index is 650. The van der Waals surface area contributed by atoms with Gasteiger partial charge in [0.1, 0.15) is 23.8 Å². The minimum Gasteiger partial charge on any atom is -0.394 e. The van der Waals surface area contributed by atoms with Crippen LogP contribution in [0.3, 0.4) is 0 Å². The van der Waals surface area contributed by atoms with Crippen molar-refractivity contribution in [3.63, 3.8) is 0 Å². The van der Waals surface area contributed by atoms with Crippen molar-refractivity contribution in [2.45, 2.75) is 24.5 Å². The van der Waals surface area contributed by atoms with Gasteiger partial charge in [0, 0.05) is 22.6 Å². The molecule has 0 unspecified atom stereocenters. The topological polar surface area (TPSA) is 140 Å². The van der Waals surface area contributed by atoms with E-state index in [1.54, 1.807) is 0 Å². The summed E-state index contributed by atoms with van der Waals surface area (Å²) in [6.07, 6.45) is -2.71. The second kappa shape index (κ2) is 5.04. The van der Waals surface area contributed by atoms with Gasteiger partial charge in [-0.1, -0.05) is 0 Å². The van der Waals surface area contributed by atoms with Crippen molar-refractivity contribution in [1.82, 2.24) is 19.5 Å². The van der Waals surface area contributed by atoms with E-state index in [0.717, 1.165) is 0 Å². The third-order valence-corrected chi connectivity index (χ3v) is 3.69. The molecular weight excluding hydrogens is 381 g/mol. The van der Waals surface area contributed by atoms with Crippen LogP contribution in [0.4, 0.5) is 5.82 Å². The molecule has 3 rings (SSSR count). The summed E-state index contributed by atoms with van der Waals surface area (Å²) in [6.45, 7) is -0.393. The fourth-order valence-electron chi connectivity index (χ4n) is 2.21. The summed E-state index contributed by atoms with van der Waals surface area (Å²) in [5.74, 6) is 0.227. The predicted octanol–water partition coefficient (Wildman–Crippen LogP) is -1.38. The maximum atomic E-state index is 10.0. The van der Waals surface area contributed by atoms with Crippen molar-refractivity contribution in [1.29, 1.82) is 0 Å². The number of nitrogens with zero attached hydrogens (tertiary/aromatic N) is 4. The number of aromatic nitrogens is 4. The Balaban J connectivity index is 2.07. The molecule has 0 aromatic carbocycles. The lowest BCUT2D eigenvalue weighted by molar-refractivity contribution is -0.0511. The summed E-state index contributed by atoms with van der Waals surface area (Å²) < 4.78 is 7.34. The van der Waals surface area contributed by atoms with Gasteiger partial charge in [-0.15, -0.1) is 0 Å². The highest BCUT2D eigenvalue weighted by Crippen LogP contribution is 2.31. The van der Waals surface area contributed by atoms with Crippen LogP contribution < -0.4 is 5.73 Å². The first-order valence-corrected chi connectivity index (χ1v) is 6.88. The number of fused-ring (bicyclic) bond motifs is 1. The zero-order chi connectivity index (χ0) is 14.4. The van der Waals surface area contributed by atoms with Crippen LogP contribution in [0.15, 0.2) is 6.33 Å². The van der Waals surface area contributed by atoms with Gasteiger partial charge in [-0.25, -0.2) is 15.0 Å². The summed E-state index contributed by atoms with van der Waals surface area (Å²) in [5, 5.41) is 28.9. The van der Waals surface area contributed by atoms with Crippen molar-refractivity contribution in [2.24, 2.45) is 0 Å². The monoisotopic (exact) mass is 393 g/mol. The summed E-state index contributed by atoms with van der Waals surface area (Å²) in [7, 11) is 0. The molecule has 0 bridgehead atoms. The first-order valence-electron chi connectivity index (χ1n) is 5.81. The molecule has 3 heterocycles. The molecule has 0 saturated carbocycles. The zero-order valence-corrected chi connectivity index (χ0v) is 12.2. The van der Waals surface area contributed by atoms with Gasteiger partial charge in [0.25, 0.3) is 0 Å². The van der Waals surface area contributed by atoms with Crippen molar-refractivity contribution in [3.8, 4) is 0 Å². The second-order valence-corrected chi connectivity index (χ2v) is 5.40. The van der Waals surface area contributed by atoms with Gasteiger partial charge >= 0.3 is 0 Å². The molecule has 10 heteroatoms. The quantitative estimate of drug-likeness (QED) is 0.362. The van der Waals surface area contributed by atoms with Crippen LogP contribution in [0.2, 0.25) is 0 Å². The fraction of sp³-hybridized carbons (Fsp3) is 0.500. The number of nitrogens with two attached hydrogens (primary N) is 1. The van der Waals surface area contributed by atoms with E-state index in [1.165, 1.54) is 10.9 Å². The van der Waals surface area contributed by atoms with E-state index < -0.39 is 31.1 Å². The molecule has 108 valence electrons. The predicted molar refractivity (Wildman–Crippen MR) is 75.5 cm³/mol. The van der Waals surface area contributed by atoms with Crippen LogP contribution >= 0.6 is 22.6 Å². The van der Waals surface area contributed by atoms with Gasteiger partial charge in [0.05, 0.1) is 12.9 Å². The number of imidazole rings is 1. The number of aliphatic hydroxyl groups excluding tert-OH is 3. The Morgan fingerprint density at radius 1 is 1.35 bits per heavy atom. The molecule has 1 saturated heterocycles. The van der Waals surface area contributed by atoms with Crippen LogP contribution in [0.1, 0.15) is 6.23 Å². The number of halogens is 1. The van der Waals surface area contributed by atoms with E-state index >= 15 is 0 Å². The van der Waals surface area contributed by atoms with E-state index in [2.05, 4.69) is 15.0 Å². The molecule has 1 aliphatic rings. The van der Waals surface area contributed by atoms with Crippen LogP contribution in [0, 0.1) is 3.83 Å². The van der Waals surface area contributed by atoms with Crippen LogP contribution in [-0.4, -0.2) is 59.8 Å². The molecular formula is C10H12IN5O4. The summed E-state index contributed by atoms with van der Waals surface area (Å²) in [4.78, 5) is 12.3. The van der Waals surface area contributed by atoms with Gasteiger partial charge in [0.15, 0.2) is 21.5 Å². The number of hydrogen-bond acceptors (Lipinski definition) is 8. The van der Waals surface area contributed by atoms with E-state index in [-0.39, 0.29) is 5.82 Å². The molecule has 2 aromatic rings. The third kappa shape index (κ3) is 2.03. The SMILES string of the molecule is Nc1nc(I)nc2c1ncn2[C@@H]1O[C@@H](CO)[C@@H](O)[C@@H]1O. The molecule has 2 aromatic heterocycles. The average molecular weight is 393 g/mol. The Morgan fingerprint density at radius 2 is 2.10 bits per heavy atom. The maximum Gasteiger partial charge on any atom is 0.194 e. The van der Waals surface area contributed by atoms with Gasteiger partial charge in [-0.05, 0) is 0 Å². The van der Waals surface area contributed by atoms with E-state index in [1.807, 2.05) is 22.6 Å². The highest BCUT2D eigenvalue weighted by Gasteiger charge is 2.44. The highest BCUT2D eigenvalue weighted by molar-refractivity contribution is 14.1. The first kappa shape index (κ1) is 13.9. The molecule has 0 amide bonds. The van der Waals surface area contributed by atoms with Crippen LogP contribution in [0.5, 0.6) is 0 Å². The summed E-state index contributed by atoms with van der Waals surface area (Å²) in [5.41, 5.74) is 6.55. The molecule has 5 N–H and O–H groups in total. The number of anilines is 1. The molecule has 0 spiro atoms. The molecule has 1 aliphatic heterocycles. The van der Waals surface area contributed by atoms with E-state index in [4.69, 9.17) is 15.6 Å². The number of hydrogen-bond donors (Lipinski definition) is 4. The zero-order valence-electron chi connectivity index (χ0n) is 10.1. The smallest absolute Gasteiger partial charge is 0.194 e. The van der Waals surface area contributed by atoms with Gasteiger partial charge < -0.3 is 25.8 Å². The Hall–Kier alpha value is -1.08. The normalized spacial score (nSPS) is 30.2. The Morgan fingerprint density at radius 3 is 2.75 bits per heavy atom. The van der Waals surface area contributed by atoms with Crippen LogP contribution in [0.25, 0.3) is 11.2 Å². The number of aliphatic hydroxyl groups is 3. The highest BCUT2D eigenvalue weighted by atomic mass is 127. The van der Waals surface area contributed by atoms with Gasteiger partial charge in [-0.3, -0.25) is 4.57 Å². The number of rotatable bonds is 2. The molecule has 9 nitrogen and oxygen atoms in total. The summed E-state index contributed by atoms with van der Waals surface area (Å²) >= 11 is 1.92. The number of ether oxygens (including phenoxy) is 1. The molecule has 1 fully saturated rings. The van der Waals surface area contributed by atoms with Crippen LogP contribution in [-0.2, 0) is 4.74 Å². The second-order valence-electron chi connectivity index (χ2n) is 4.43. The lowest BCUT2D eigenvalue weighted by atomic mass is 10.1. The summed E-state index contributed by atoms with van der Waals surface area (Å²) in [6, 6.07) is 0. The van der Waals surface area contributed by atoms with Crippen molar-refractivity contribution in [3.05, 3.63) is 10.2 Å². The van der Waals surface area contributed by atoms with Crippen molar-refractivity contribution in [2.75, 3.05) is 12.3 Å². The largest absolute Gasteiger partial charge is 0.394 e. The molecule has 4 atom stereocenters. The minimum atomic E-state index is -1.20. The van der Waals surface area contributed by atoms with Crippen molar-refractivity contribution < 1.29 is 20.1 Å². The molecule has 20 heavy (non-hydrogen) atoms. The molecule has 0 radical (unpaired) electrons. The standard InChI is InChI=1S/C10H12IN5O4/c11-10-14-7(12)4-8(15-10)16(2-13-4)9-6(19)5(18)3(1-17)20-9/h2-3,5-6,9,17-19H,1H2,(H2,12,14,15)/t3-,5+,6-,9+/m0/s1. The first-order chi connectivity index (χ1) is 9.52. The third-order valence-electron chi connectivity index (χ3n) is 3.21. The Labute approximate surface area is 126 Å². The fourth-order valence-corrected chi connectivity index (χ4v) is 2.70. The van der Waals surface area contributed by atoms with Gasteiger partial charge in [0.2, 0.25) is 0 Å². The Kier molecular flexibility index (Phi) is 3.50.